The molecule has 0 radical (unpaired) electrons. The second-order valence-corrected chi connectivity index (χ2v) is 13.3. The van der Waals surface area contributed by atoms with Crippen molar-refractivity contribution in [3.63, 3.8) is 0 Å². The summed E-state index contributed by atoms with van der Waals surface area (Å²) in [5.74, 6) is 0.522. The number of halogens is 1. The highest BCUT2D eigenvalue weighted by Crippen LogP contribution is 2.53. The Balaban J connectivity index is 1.52. The fourth-order valence-corrected chi connectivity index (χ4v) is 7.40. The van der Waals surface area contributed by atoms with Crippen LogP contribution in [0.1, 0.15) is 22.3 Å². The van der Waals surface area contributed by atoms with E-state index in [2.05, 4.69) is 63.6 Å². The summed E-state index contributed by atoms with van der Waals surface area (Å²) in [6.45, 7) is 0.343. The van der Waals surface area contributed by atoms with Crippen LogP contribution >= 0.6 is 22.9 Å². The number of benzene rings is 5. The van der Waals surface area contributed by atoms with E-state index in [-0.39, 0.29) is 6.03 Å². The number of ether oxygens (including phenoxy) is 1. The Labute approximate surface area is 283 Å². The maximum Gasteiger partial charge on any atom is 0.329 e. The predicted molar refractivity (Wildman–Crippen MR) is 195 cm³/mol. The third-order valence-electron chi connectivity index (χ3n) is 8.56. The fourth-order valence-electron chi connectivity index (χ4n) is 6.17. The number of hydrogen-bond donors (Lipinski definition) is 1. The van der Waals surface area contributed by atoms with Gasteiger partial charge >= 0.3 is 6.03 Å². The molecule has 2 heterocycles. The van der Waals surface area contributed by atoms with Gasteiger partial charge in [-0.25, -0.2) is 9.78 Å². The number of aromatic nitrogens is 1. The van der Waals surface area contributed by atoms with Crippen LogP contribution in [-0.2, 0) is 12.1 Å². The second-order valence-electron chi connectivity index (χ2n) is 11.9. The number of hydrogen-bond acceptors (Lipinski definition) is 6. The molecule has 0 atom stereocenters. The molecular weight excluding hydrogens is 626 g/mol. The molecule has 1 N–H and O–H groups in total. The number of nitrogens with one attached hydrogen (secondary N) is 1. The molecule has 7 nitrogen and oxygen atoms in total. The average molecular weight is 660 g/mol. The lowest BCUT2D eigenvalue weighted by molar-refractivity contribution is 0.251. The number of nitrogens with zero attached hydrogens (tertiary/aromatic N) is 4. The molecule has 9 heteroatoms. The molecule has 7 rings (SSSR count). The van der Waals surface area contributed by atoms with Gasteiger partial charge in [-0.3, -0.25) is 4.90 Å². The van der Waals surface area contributed by atoms with Gasteiger partial charge in [0.2, 0.25) is 0 Å². The van der Waals surface area contributed by atoms with Crippen LogP contribution in [0.15, 0.2) is 115 Å². The molecule has 2 amide bonds. The van der Waals surface area contributed by atoms with E-state index in [1.807, 2.05) is 88.9 Å². The minimum Gasteiger partial charge on any atom is -0.487 e. The number of urea groups is 1. The van der Waals surface area contributed by atoms with Crippen LogP contribution in [0.2, 0.25) is 5.02 Å². The number of anilines is 4. The summed E-state index contributed by atoms with van der Waals surface area (Å²) in [6.07, 6.45) is 0. The van der Waals surface area contributed by atoms with Gasteiger partial charge in [0, 0.05) is 45.1 Å². The number of thiazole rings is 1. The zero-order valence-corrected chi connectivity index (χ0v) is 28.1. The van der Waals surface area contributed by atoms with Crippen LogP contribution in [0.5, 0.6) is 5.75 Å². The second kappa shape index (κ2) is 12.3. The average Bonchev–Trinajstić information content (AvgIpc) is 3.51. The predicted octanol–water partition coefficient (Wildman–Crippen LogP) is 9.00. The summed E-state index contributed by atoms with van der Waals surface area (Å²) in [6, 6.07) is 38.1. The summed E-state index contributed by atoms with van der Waals surface area (Å²) >= 11 is 8.35. The molecule has 236 valence electrons. The van der Waals surface area contributed by atoms with Crippen LogP contribution in [-0.4, -0.2) is 39.2 Å². The van der Waals surface area contributed by atoms with E-state index in [9.17, 15) is 4.79 Å². The first kappa shape index (κ1) is 30.6. The SMILES string of the molecule is CN(C)c1ccc(C2(c3ccc(N(C)C)cc3)c3cc(OCc4ccccc4)c(Cl)cc3NC(=O)N2c2nc3ccccc3s2)cc1. The number of para-hydroxylation sites is 1. The highest BCUT2D eigenvalue weighted by molar-refractivity contribution is 7.22. The lowest BCUT2D eigenvalue weighted by Crippen LogP contribution is -2.56. The maximum absolute atomic E-state index is 14.5. The highest BCUT2D eigenvalue weighted by Gasteiger charge is 2.51. The molecule has 1 aromatic heterocycles. The minimum absolute atomic E-state index is 0.307. The van der Waals surface area contributed by atoms with Gasteiger partial charge < -0.3 is 19.9 Å². The van der Waals surface area contributed by atoms with Gasteiger partial charge in [0.15, 0.2) is 5.13 Å². The topological polar surface area (TPSA) is 60.9 Å². The van der Waals surface area contributed by atoms with Gasteiger partial charge in [0.25, 0.3) is 0 Å². The van der Waals surface area contributed by atoms with E-state index in [0.29, 0.717) is 28.2 Å². The van der Waals surface area contributed by atoms with Gasteiger partial charge in [0.05, 0.1) is 20.9 Å². The molecule has 1 aliphatic rings. The van der Waals surface area contributed by atoms with E-state index < -0.39 is 5.54 Å². The van der Waals surface area contributed by atoms with Gasteiger partial charge in [-0.05, 0) is 65.2 Å². The van der Waals surface area contributed by atoms with Crippen molar-refractivity contribution in [1.82, 2.24) is 4.98 Å². The molecule has 1 aliphatic heterocycles. The summed E-state index contributed by atoms with van der Waals surface area (Å²) in [7, 11) is 8.06. The Morgan fingerprint density at radius 3 is 2.00 bits per heavy atom. The minimum atomic E-state index is -1.14. The maximum atomic E-state index is 14.5. The molecule has 6 aromatic rings. The zero-order chi connectivity index (χ0) is 32.7. The third-order valence-corrected chi connectivity index (χ3v) is 9.87. The number of carbonyl (C=O) groups excluding carboxylic acids is 1. The molecule has 0 saturated carbocycles. The fraction of sp³-hybridized carbons (Fsp3) is 0.158. The largest absolute Gasteiger partial charge is 0.487 e. The smallest absolute Gasteiger partial charge is 0.329 e. The molecule has 0 saturated heterocycles. The molecule has 0 aliphatic carbocycles. The van der Waals surface area contributed by atoms with Crippen LogP contribution < -0.4 is 24.8 Å². The molecule has 5 aromatic carbocycles. The summed E-state index contributed by atoms with van der Waals surface area (Å²) in [5.41, 5.74) is 6.01. The lowest BCUT2D eigenvalue weighted by atomic mass is 9.74. The van der Waals surface area contributed by atoms with Crippen molar-refractivity contribution in [2.45, 2.75) is 12.1 Å². The van der Waals surface area contributed by atoms with Gasteiger partial charge in [-0.1, -0.05) is 89.7 Å². The van der Waals surface area contributed by atoms with Crippen molar-refractivity contribution in [1.29, 1.82) is 0 Å². The van der Waals surface area contributed by atoms with E-state index in [4.69, 9.17) is 21.3 Å². The first-order valence-corrected chi connectivity index (χ1v) is 16.5. The molecule has 0 unspecified atom stereocenters. The summed E-state index contributed by atoms with van der Waals surface area (Å²) in [5, 5.41) is 4.13. The molecule has 47 heavy (non-hydrogen) atoms. The number of fused-ring (bicyclic) bond motifs is 2. The molecule has 0 spiro atoms. The van der Waals surface area contributed by atoms with Crippen molar-refractivity contribution < 1.29 is 9.53 Å². The van der Waals surface area contributed by atoms with Gasteiger partial charge in [0.1, 0.15) is 17.9 Å². The summed E-state index contributed by atoms with van der Waals surface area (Å²) < 4.78 is 7.37. The van der Waals surface area contributed by atoms with E-state index >= 15 is 0 Å². The number of amides is 2. The van der Waals surface area contributed by atoms with E-state index in [1.165, 1.54) is 11.3 Å². The van der Waals surface area contributed by atoms with Crippen LogP contribution in [0.3, 0.4) is 0 Å². The normalized spacial score (nSPS) is 13.6. The van der Waals surface area contributed by atoms with Crippen molar-refractivity contribution in [3.8, 4) is 5.75 Å². The van der Waals surface area contributed by atoms with Crippen molar-refractivity contribution in [2.24, 2.45) is 0 Å². The Bertz CT molecular complexity index is 1980. The van der Waals surface area contributed by atoms with Crippen molar-refractivity contribution in [2.75, 3.05) is 48.2 Å². The Morgan fingerprint density at radius 2 is 1.40 bits per heavy atom. The van der Waals surface area contributed by atoms with Gasteiger partial charge in [-0.2, -0.15) is 0 Å². The summed E-state index contributed by atoms with van der Waals surface area (Å²) in [4.78, 5) is 25.5. The first-order chi connectivity index (χ1) is 22.8. The zero-order valence-electron chi connectivity index (χ0n) is 26.6. The highest BCUT2D eigenvalue weighted by atomic mass is 35.5. The van der Waals surface area contributed by atoms with Crippen LogP contribution in [0, 0.1) is 0 Å². The Morgan fingerprint density at radius 1 is 0.809 bits per heavy atom. The molecule has 0 fully saturated rings. The quantitative estimate of drug-likeness (QED) is 0.177. The van der Waals surface area contributed by atoms with Crippen LogP contribution in [0.4, 0.5) is 27.0 Å². The number of rotatable bonds is 8. The third kappa shape index (κ3) is 5.43. The van der Waals surface area contributed by atoms with Crippen molar-refractivity contribution in [3.05, 3.63) is 143 Å². The van der Waals surface area contributed by atoms with Crippen molar-refractivity contribution >= 4 is 61.4 Å². The van der Waals surface area contributed by atoms with Gasteiger partial charge in [-0.15, -0.1) is 0 Å². The molecular formula is C38H34ClN5O2S. The van der Waals surface area contributed by atoms with E-state index in [1.54, 1.807) is 11.0 Å². The number of carbonyl (C=O) groups is 1. The first-order valence-electron chi connectivity index (χ1n) is 15.3. The Kier molecular flexibility index (Phi) is 7.99. The van der Waals surface area contributed by atoms with E-state index in [0.717, 1.165) is 43.8 Å². The Hall–Kier alpha value is -5.05. The van der Waals surface area contributed by atoms with Crippen LogP contribution in [0.25, 0.3) is 10.2 Å². The standard InChI is InChI=1S/C38H34ClN5O2S/c1-42(2)28-18-14-26(15-19-28)38(27-16-20-29(21-17-27)43(3)4)30-22-34(46-24-25-10-6-5-7-11-25)31(39)23-33(30)40-36(45)44(38)37-41-32-12-8-9-13-35(32)47-37/h5-23H,24H2,1-4H3,(H,40,45). The lowest BCUT2D eigenvalue weighted by Gasteiger charge is -2.47. The molecule has 0 bridgehead atoms. The monoisotopic (exact) mass is 659 g/mol.